The molecule has 0 aliphatic rings. The summed E-state index contributed by atoms with van der Waals surface area (Å²) in [5, 5.41) is 3.42. The standard InChI is InChI=1S/C11H13N3O3S/c1-8(12)9-2-4-11(5-3-9)18(15,16)14-10-6-13-17-7-10/h2-8,14H,12H2,1H3. The Morgan fingerprint density at radius 3 is 2.50 bits per heavy atom. The molecule has 1 unspecified atom stereocenters. The van der Waals surface area contributed by atoms with Crippen molar-refractivity contribution in [1.82, 2.24) is 5.16 Å². The summed E-state index contributed by atoms with van der Waals surface area (Å²) in [6, 6.07) is 6.26. The van der Waals surface area contributed by atoms with Crippen molar-refractivity contribution in [2.75, 3.05) is 4.72 Å². The van der Waals surface area contributed by atoms with Crippen molar-refractivity contribution in [3.63, 3.8) is 0 Å². The van der Waals surface area contributed by atoms with E-state index in [0.29, 0.717) is 0 Å². The molecule has 2 aromatic rings. The first kappa shape index (κ1) is 12.6. The molecule has 96 valence electrons. The van der Waals surface area contributed by atoms with Crippen molar-refractivity contribution in [2.24, 2.45) is 5.73 Å². The summed E-state index contributed by atoms with van der Waals surface area (Å²) in [4.78, 5) is 0.160. The number of nitrogens with one attached hydrogen (secondary N) is 1. The molecule has 0 aliphatic heterocycles. The van der Waals surface area contributed by atoms with Crippen LogP contribution < -0.4 is 10.5 Å². The Morgan fingerprint density at radius 2 is 2.00 bits per heavy atom. The normalized spacial score (nSPS) is 13.2. The minimum atomic E-state index is -3.62. The molecule has 0 saturated carbocycles. The Labute approximate surface area is 105 Å². The average molecular weight is 267 g/mol. The van der Waals surface area contributed by atoms with E-state index in [2.05, 4.69) is 14.4 Å². The fourth-order valence-corrected chi connectivity index (χ4v) is 2.44. The average Bonchev–Trinajstić information content (AvgIpc) is 2.81. The Hall–Kier alpha value is -1.86. The van der Waals surface area contributed by atoms with Crippen LogP contribution in [0.5, 0.6) is 0 Å². The van der Waals surface area contributed by atoms with Gasteiger partial charge in [-0.3, -0.25) is 4.72 Å². The third-order valence-electron chi connectivity index (χ3n) is 2.40. The second-order valence-corrected chi connectivity index (χ2v) is 5.56. The van der Waals surface area contributed by atoms with Gasteiger partial charge in [-0.05, 0) is 24.6 Å². The van der Waals surface area contributed by atoms with Crippen molar-refractivity contribution in [3.8, 4) is 0 Å². The minimum Gasteiger partial charge on any atom is -0.362 e. The zero-order valence-corrected chi connectivity index (χ0v) is 10.5. The van der Waals surface area contributed by atoms with Crippen LogP contribution in [0.25, 0.3) is 0 Å². The number of hydrogen-bond acceptors (Lipinski definition) is 5. The fourth-order valence-electron chi connectivity index (χ4n) is 1.42. The molecular formula is C11H13N3O3S. The molecule has 0 saturated heterocycles. The number of nitrogens with zero attached hydrogens (tertiary/aromatic N) is 1. The van der Waals surface area contributed by atoms with Gasteiger partial charge in [-0.15, -0.1) is 0 Å². The third kappa shape index (κ3) is 2.69. The van der Waals surface area contributed by atoms with Crippen LogP contribution in [0.3, 0.4) is 0 Å². The Morgan fingerprint density at radius 1 is 1.33 bits per heavy atom. The summed E-state index contributed by atoms with van der Waals surface area (Å²) < 4.78 is 30.8. The van der Waals surface area contributed by atoms with E-state index in [1.807, 2.05) is 6.92 Å². The first-order chi connectivity index (χ1) is 8.49. The van der Waals surface area contributed by atoms with Gasteiger partial charge in [0.1, 0.15) is 12.0 Å². The van der Waals surface area contributed by atoms with Crippen molar-refractivity contribution in [3.05, 3.63) is 42.3 Å². The smallest absolute Gasteiger partial charge is 0.262 e. The zero-order valence-electron chi connectivity index (χ0n) is 9.70. The van der Waals surface area contributed by atoms with Crippen LogP contribution in [0.4, 0.5) is 5.69 Å². The summed E-state index contributed by atoms with van der Waals surface area (Å²) in [5.41, 5.74) is 6.85. The molecule has 1 heterocycles. The predicted octanol–water partition coefficient (Wildman–Crippen LogP) is 1.50. The lowest BCUT2D eigenvalue weighted by Gasteiger charge is -2.08. The van der Waals surface area contributed by atoms with E-state index in [0.717, 1.165) is 5.56 Å². The van der Waals surface area contributed by atoms with E-state index in [9.17, 15) is 8.42 Å². The van der Waals surface area contributed by atoms with Gasteiger partial charge < -0.3 is 10.3 Å². The molecule has 1 atom stereocenters. The number of aromatic nitrogens is 1. The molecule has 3 N–H and O–H groups in total. The molecule has 7 heteroatoms. The minimum absolute atomic E-state index is 0.132. The second-order valence-electron chi connectivity index (χ2n) is 3.88. The molecule has 6 nitrogen and oxygen atoms in total. The van der Waals surface area contributed by atoms with Gasteiger partial charge in [0.15, 0.2) is 0 Å². The van der Waals surface area contributed by atoms with Gasteiger partial charge in [0.05, 0.1) is 11.1 Å². The molecule has 1 aromatic heterocycles. The zero-order chi connectivity index (χ0) is 13.2. The van der Waals surface area contributed by atoms with E-state index in [4.69, 9.17) is 5.73 Å². The van der Waals surface area contributed by atoms with Crippen molar-refractivity contribution in [2.45, 2.75) is 17.9 Å². The first-order valence-electron chi connectivity index (χ1n) is 5.27. The van der Waals surface area contributed by atoms with E-state index in [1.165, 1.54) is 24.6 Å². The molecule has 0 amide bonds. The number of hydrogen-bond donors (Lipinski definition) is 2. The summed E-state index contributed by atoms with van der Waals surface area (Å²) in [7, 11) is -3.62. The Balaban J connectivity index is 2.25. The van der Waals surface area contributed by atoms with Crippen LogP contribution in [0.1, 0.15) is 18.5 Å². The van der Waals surface area contributed by atoms with Gasteiger partial charge in [-0.2, -0.15) is 0 Å². The molecule has 18 heavy (non-hydrogen) atoms. The molecular weight excluding hydrogens is 254 g/mol. The van der Waals surface area contributed by atoms with Crippen molar-refractivity contribution < 1.29 is 12.9 Å². The lowest BCUT2D eigenvalue weighted by atomic mass is 10.1. The highest BCUT2D eigenvalue weighted by Crippen LogP contribution is 2.17. The van der Waals surface area contributed by atoms with Crippen LogP contribution in [0.2, 0.25) is 0 Å². The summed E-state index contributed by atoms with van der Waals surface area (Å²) in [5.74, 6) is 0. The lowest BCUT2D eigenvalue weighted by Crippen LogP contribution is -2.13. The molecule has 0 bridgehead atoms. The highest BCUT2D eigenvalue weighted by Gasteiger charge is 2.15. The third-order valence-corrected chi connectivity index (χ3v) is 3.80. The Bertz CT molecular complexity index is 603. The monoisotopic (exact) mass is 267 g/mol. The van der Waals surface area contributed by atoms with E-state index in [-0.39, 0.29) is 16.6 Å². The van der Waals surface area contributed by atoms with Crippen molar-refractivity contribution in [1.29, 1.82) is 0 Å². The van der Waals surface area contributed by atoms with Gasteiger partial charge in [-0.1, -0.05) is 17.3 Å². The highest BCUT2D eigenvalue weighted by molar-refractivity contribution is 7.92. The van der Waals surface area contributed by atoms with Crippen molar-refractivity contribution >= 4 is 15.7 Å². The first-order valence-corrected chi connectivity index (χ1v) is 6.75. The Kier molecular flexibility index (Phi) is 3.35. The van der Waals surface area contributed by atoms with Gasteiger partial charge in [0, 0.05) is 6.04 Å². The predicted molar refractivity (Wildman–Crippen MR) is 66.4 cm³/mol. The lowest BCUT2D eigenvalue weighted by molar-refractivity contribution is 0.420. The quantitative estimate of drug-likeness (QED) is 0.874. The van der Waals surface area contributed by atoms with Crippen LogP contribution in [0.15, 0.2) is 46.1 Å². The highest BCUT2D eigenvalue weighted by atomic mass is 32.2. The van der Waals surface area contributed by atoms with Crippen LogP contribution in [-0.2, 0) is 10.0 Å². The number of nitrogens with two attached hydrogens (primary N) is 1. The fraction of sp³-hybridized carbons (Fsp3) is 0.182. The maximum Gasteiger partial charge on any atom is 0.262 e. The van der Waals surface area contributed by atoms with Crippen LogP contribution in [-0.4, -0.2) is 13.6 Å². The summed E-state index contributed by atoms with van der Waals surface area (Å²) in [6.45, 7) is 1.83. The maximum absolute atomic E-state index is 12.0. The number of sulfonamides is 1. The molecule has 0 fully saturated rings. The summed E-state index contributed by atoms with van der Waals surface area (Å²) >= 11 is 0. The van der Waals surface area contributed by atoms with Gasteiger partial charge in [-0.25, -0.2) is 8.42 Å². The number of anilines is 1. The van der Waals surface area contributed by atoms with Gasteiger partial charge in [0.2, 0.25) is 0 Å². The number of rotatable bonds is 4. The van der Waals surface area contributed by atoms with Crippen LogP contribution in [0, 0.1) is 0 Å². The molecule has 0 spiro atoms. The number of benzene rings is 1. The largest absolute Gasteiger partial charge is 0.362 e. The second kappa shape index (κ2) is 4.79. The SMILES string of the molecule is CC(N)c1ccc(S(=O)(=O)Nc2cnoc2)cc1. The van der Waals surface area contributed by atoms with Gasteiger partial charge >= 0.3 is 0 Å². The van der Waals surface area contributed by atoms with E-state index < -0.39 is 10.0 Å². The van der Waals surface area contributed by atoms with Gasteiger partial charge in [0.25, 0.3) is 10.0 Å². The summed E-state index contributed by atoms with van der Waals surface area (Å²) in [6.07, 6.45) is 2.50. The van der Waals surface area contributed by atoms with E-state index in [1.54, 1.807) is 12.1 Å². The topological polar surface area (TPSA) is 98.2 Å². The molecule has 1 aromatic carbocycles. The molecule has 0 radical (unpaired) electrons. The molecule has 2 rings (SSSR count). The molecule has 0 aliphatic carbocycles. The maximum atomic E-state index is 12.0. The van der Waals surface area contributed by atoms with E-state index >= 15 is 0 Å². The van der Waals surface area contributed by atoms with Crippen LogP contribution >= 0.6 is 0 Å².